The highest BCUT2D eigenvalue weighted by Crippen LogP contribution is 2.30. The van der Waals surface area contributed by atoms with Crippen LogP contribution in [0.2, 0.25) is 0 Å². The van der Waals surface area contributed by atoms with Gasteiger partial charge in [-0.3, -0.25) is 4.79 Å². The lowest BCUT2D eigenvalue weighted by molar-refractivity contribution is -0.113. The van der Waals surface area contributed by atoms with E-state index in [9.17, 15) is 9.59 Å². The third-order valence-electron chi connectivity index (χ3n) is 3.82. The topological polar surface area (TPSA) is 70.2 Å². The van der Waals surface area contributed by atoms with E-state index in [1.54, 1.807) is 6.92 Å². The summed E-state index contributed by atoms with van der Waals surface area (Å²) < 4.78 is 0. The van der Waals surface area contributed by atoms with E-state index in [2.05, 4.69) is 22.0 Å². The fraction of sp³-hybridized carbons (Fsp3) is 0.222. The van der Waals surface area contributed by atoms with Crippen LogP contribution in [0.3, 0.4) is 0 Å². The Bertz CT molecular complexity index is 805. The molecule has 24 heavy (non-hydrogen) atoms. The summed E-state index contributed by atoms with van der Waals surface area (Å²) in [6.45, 7) is 5.73. The summed E-state index contributed by atoms with van der Waals surface area (Å²) in [4.78, 5) is 25.6. The van der Waals surface area contributed by atoms with Gasteiger partial charge < -0.3 is 16.0 Å². The first-order chi connectivity index (χ1) is 11.4. The zero-order chi connectivity index (χ0) is 17.3. The minimum Gasteiger partial charge on any atom is -0.326 e. The van der Waals surface area contributed by atoms with Gasteiger partial charge in [-0.2, -0.15) is 0 Å². The Morgan fingerprint density at radius 3 is 2.50 bits per heavy atom. The molecule has 6 heteroatoms. The molecule has 2 heterocycles. The molecule has 0 radical (unpaired) electrons. The van der Waals surface area contributed by atoms with E-state index in [0.29, 0.717) is 11.3 Å². The van der Waals surface area contributed by atoms with Crippen molar-refractivity contribution in [3.8, 4) is 0 Å². The van der Waals surface area contributed by atoms with Gasteiger partial charge in [0.15, 0.2) is 0 Å². The van der Waals surface area contributed by atoms with Crippen LogP contribution in [0.25, 0.3) is 0 Å². The molecule has 1 aromatic heterocycles. The van der Waals surface area contributed by atoms with Crippen LogP contribution in [0.5, 0.6) is 0 Å². The predicted molar refractivity (Wildman–Crippen MR) is 96.0 cm³/mol. The van der Waals surface area contributed by atoms with Gasteiger partial charge in [0.25, 0.3) is 5.91 Å². The molecule has 1 atom stereocenters. The Morgan fingerprint density at radius 2 is 1.88 bits per heavy atom. The van der Waals surface area contributed by atoms with Crippen LogP contribution in [0.15, 0.2) is 47.0 Å². The lowest BCUT2D eigenvalue weighted by Gasteiger charge is -2.27. The molecular weight excluding hydrogens is 322 g/mol. The third-order valence-corrected chi connectivity index (χ3v) is 4.76. The van der Waals surface area contributed by atoms with Crippen molar-refractivity contribution in [3.63, 3.8) is 0 Å². The highest BCUT2D eigenvalue weighted by molar-refractivity contribution is 7.10. The Morgan fingerprint density at radius 1 is 1.17 bits per heavy atom. The monoisotopic (exact) mass is 341 g/mol. The number of amides is 3. The highest BCUT2D eigenvalue weighted by Gasteiger charge is 2.31. The van der Waals surface area contributed by atoms with Crippen molar-refractivity contribution in [2.75, 3.05) is 5.32 Å². The van der Waals surface area contributed by atoms with Crippen molar-refractivity contribution in [3.05, 3.63) is 63.0 Å². The van der Waals surface area contributed by atoms with Gasteiger partial charge >= 0.3 is 6.03 Å². The third kappa shape index (κ3) is 3.33. The second kappa shape index (κ2) is 6.49. The summed E-state index contributed by atoms with van der Waals surface area (Å²) in [6, 6.07) is 8.99. The molecule has 1 aromatic carbocycles. The average molecular weight is 341 g/mol. The summed E-state index contributed by atoms with van der Waals surface area (Å²) in [5.74, 6) is -0.219. The molecule has 1 aliphatic rings. The normalized spacial score (nSPS) is 17.3. The Hall–Kier alpha value is -2.60. The summed E-state index contributed by atoms with van der Waals surface area (Å²) >= 11 is 1.51. The second-order valence-corrected chi connectivity index (χ2v) is 6.90. The van der Waals surface area contributed by atoms with Crippen molar-refractivity contribution in [1.29, 1.82) is 0 Å². The van der Waals surface area contributed by atoms with Crippen LogP contribution in [0, 0.1) is 13.8 Å². The van der Waals surface area contributed by atoms with Gasteiger partial charge in [0.2, 0.25) is 0 Å². The molecule has 0 fully saturated rings. The van der Waals surface area contributed by atoms with Crippen molar-refractivity contribution >= 4 is 29.0 Å². The molecule has 3 amide bonds. The number of hydrogen-bond donors (Lipinski definition) is 3. The van der Waals surface area contributed by atoms with Crippen molar-refractivity contribution in [2.45, 2.75) is 26.8 Å². The maximum absolute atomic E-state index is 12.9. The number of anilines is 1. The molecule has 0 bridgehead atoms. The number of carbonyl (C=O) groups excluding carboxylic acids is 2. The van der Waals surface area contributed by atoms with Crippen LogP contribution in [0.1, 0.15) is 29.0 Å². The lowest BCUT2D eigenvalue weighted by atomic mass is 10.0. The molecule has 0 saturated heterocycles. The fourth-order valence-electron chi connectivity index (χ4n) is 2.91. The smallest absolute Gasteiger partial charge is 0.319 e. The Labute approximate surface area is 144 Å². The van der Waals surface area contributed by atoms with E-state index in [1.165, 1.54) is 11.3 Å². The van der Waals surface area contributed by atoms with E-state index in [-0.39, 0.29) is 11.9 Å². The van der Waals surface area contributed by atoms with Gasteiger partial charge in [0.1, 0.15) is 0 Å². The average Bonchev–Trinajstić information content (AvgIpc) is 2.98. The van der Waals surface area contributed by atoms with E-state index in [4.69, 9.17) is 0 Å². The molecule has 124 valence electrons. The van der Waals surface area contributed by atoms with Gasteiger partial charge in [-0.25, -0.2) is 4.79 Å². The number of urea groups is 1. The Balaban J connectivity index is 1.93. The van der Waals surface area contributed by atoms with Crippen molar-refractivity contribution < 1.29 is 9.59 Å². The second-order valence-electron chi connectivity index (χ2n) is 5.92. The zero-order valence-electron chi connectivity index (χ0n) is 13.8. The lowest BCUT2D eigenvalue weighted by Crippen LogP contribution is -2.45. The molecule has 1 aliphatic heterocycles. The van der Waals surface area contributed by atoms with Gasteiger partial charge in [-0.1, -0.05) is 12.1 Å². The number of rotatable bonds is 3. The summed E-state index contributed by atoms with van der Waals surface area (Å²) in [5, 5.41) is 10.4. The highest BCUT2D eigenvalue weighted by atomic mass is 32.1. The first-order valence-corrected chi connectivity index (χ1v) is 8.53. The van der Waals surface area contributed by atoms with Crippen LogP contribution >= 0.6 is 11.3 Å². The number of allylic oxidation sites excluding steroid dienone is 1. The molecular formula is C18H19N3O2S. The maximum atomic E-state index is 12.9. The quantitative estimate of drug-likeness (QED) is 0.798. The summed E-state index contributed by atoms with van der Waals surface area (Å²) in [7, 11) is 0. The zero-order valence-corrected chi connectivity index (χ0v) is 14.6. The Kier molecular flexibility index (Phi) is 4.40. The van der Waals surface area contributed by atoms with Crippen molar-refractivity contribution in [2.24, 2.45) is 0 Å². The maximum Gasteiger partial charge on any atom is 0.319 e. The minimum absolute atomic E-state index is 0.219. The predicted octanol–water partition coefficient (Wildman–Crippen LogP) is 3.63. The van der Waals surface area contributed by atoms with Crippen LogP contribution < -0.4 is 16.0 Å². The van der Waals surface area contributed by atoms with E-state index >= 15 is 0 Å². The fourth-order valence-corrected chi connectivity index (χ4v) is 3.69. The van der Waals surface area contributed by atoms with Gasteiger partial charge in [-0.05, 0) is 55.5 Å². The molecule has 1 unspecified atom stereocenters. The number of benzene rings is 1. The molecule has 0 spiro atoms. The number of thiophene rings is 1. The first-order valence-electron chi connectivity index (χ1n) is 7.65. The van der Waals surface area contributed by atoms with Gasteiger partial charge in [0, 0.05) is 16.3 Å². The molecule has 0 saturated carbocycles. The first kappa shape index (κ1) is 16.3. The van der Waals surface area contributed by atoms with E-state index in [0.717, 1.165) is 21.7 Å². The molecule has 3 rings (SSSR count). The van der Waals surface area contributed by atoms with Crippen LogP contribution in [-0.2, 0) is 4.79 Å². The number of aryl methyl sites for hydroxylation is 2. The molecule has 5 nitrogen and oxygen atoms in total. The minimum atomic E-state index is -0.440. The van der Waals surface area contributed by atoms with Gasteiger partial charge in [-0.15, -0.1) is 11.3 Å². The molecule has 2 aromatic rings. The standard InChI is InChI=1S/C18H19N3O2S/c1-10-7-11(2)9-13(8-10)20-17(22)15-12(3)19-18(23)21-16(15)14-5-4-6-24-14/h4-9,16H,1-3H3,(H,20,22)(H2,19,21,23). The van der Waals surface area contributed by atoms with Crippen molar-refractivity contribution in [1.82, 2.24) is 10.6 Å². The summed E-state index contributed by atoms with van der Waals surface area (Å²) in [5.41, 5.74) is 4.01. The number of carbonyl (C=O) groups is 2. The molecule has 0 aliphatic carbocycles. The van der Waals surface area contributed by atoms with Gasteiger partial charge in [0.05, 0.1) is 11.6 Å². The van der Waals surface area contributed by atoms with Crippen LogP contribution in [-0.4, -0.2) is 11.9 Å². The van der Waals surface area contributed by atoms with Crippen LogP contribution in [0.4, 0.5) is 10.5 Å². The number of nitrogens with one attached hydrogen (secondary N) is 3. The SMILES string of the molecule is CC1=C(C(=O)Nc2cc(C)cc(C)c2)C(c2cccs2)NC(=O)N1. The van der Waals surface area contributed by atoms with E-state index in [1.807, 2.05) is 43.5 Å². The number of hydrogen-bond acceptors (Lipinski definition) is 3. The summed E-state index contributed by atoms with van der Waals surface area (Å²) in [6.07, 6.45) is 0. The largest absolute Gasteiger partial charge is 0.326 e. The molecule has 3 N–H and O–H groups in total. The van der Waals surface area contributed by atoms with E-state index < -0.39 is 6.04 Å².